The fraction of sp³-hybridized carbons (Fsp3) is 0.929. The molecule has 0 aromatic rings. The van der Waals surface area contributed by atoms with Crippen molar-refractivity contribution in [2.24, 2.45) is 11.8 Å². The summed E-state index contributed by atoms with van der Waals surface area (Å²) >= 11 is 0. The highest BCUT2D eigenvalue weighted by Crippen LogP contribution is 1.98. The van der Waals surface area contributed by atoms with Gasteiger partial charge in [0.15, 0.2) is 0 Å². The molecule has 108 valence electrons. The number of ether oxygens (including phenoxy) is 1. The molecule has 0 aliphatic rings. The lowest BCUT2D eigenvalue weighted by Gasteiger charge is -2.15. The van der Waals surface area contributed by atoms with E-state index in [1.807, 2.05) is 6.92 Å². The normalized spacial score (nSPS) is 13.1. The number of nitrogens with one attached hydrogen (secondary N) is 2. The van der Waals surface area contributed by atoms with Gasteiger partial charge in [0.1, 0.15) is 0 Å². The van der Waals surface area contributed by atoms with Gasteiger partial charge in [0.25, 0.3) is 0 Å². The number of rotatable bonds is 10. The number of carbonyl (C=O) groups excluding carboxylic acids is 1. The standard InChI is InChI=1S/C14H30N2O2/c1-11(2)6-8-18-9-7-15-13(5)14(17)16-10-12(3)4/h11-13,15H,6-10H2,1-5H3,(H,16,17). The van der Waals surface area contributed by atoms with Gasteiger partial charge < -0.3 is 15.4 Å². The number of carbonyl (C=O) groups is 1. The van der Waals surface area contributed by atoms with Crippen LogP contribution in [-0.4, -0.2) is 38.3 Å². The third-order valence-electron chi connectivity index (χ3n) is 2.61. The molecule has 4 heteroatoms. The third kappa shape index (κ3) is 10.5. The molecular weight excluding hydrogens is 228 g/mol. The molecule has 1 amide bonds. The highest BCUT2D eigenvalue weighted by molar-refractivity contribution is 5.81. The molecule has 0 rings (SSSR count). The number of hydrogen-bond donors (Lipinski definition) is 2. The van der Waals surface area contributed by atoms with E-state index in [2.05, 4.69) is 38.3 Å². The molecule has 0 radical (unpaired) electrons. The summed E-state index contributed by atoms with van der Waals surface area (Å²) in [6.07, 6.45) is 1.09. The van der Waals surface area contributed by atoms with Crippen molar-refractivity contribution in [3.05, 3.63) is 0 Å². The zero-order chi connectivity index (χ0) is 14.0. The van der Waals surface area contributed by atoms with E-state index >= 15 is 0 Å². The van der Waals surface area contributed by atoms with E-state index < -0.39 is 0 Å². The van der Waals surface area contributed by atoms with Crippen molar-refractivity contribution in [2.75, 3.05) is 26.3 Å². The van der Waals surface area contributed by atoms with E-state index in [4.69, 9.17) is 4.74 Å². The molecular formula is C14H30N2O2. The summed E-state index contributed by atoms with van der Waals surface area (Å²) in [6.45, 7) is 13.3. The topological polar surface area (TPSA) is 50.4 Å². The molecule has 0 bridgehead atoms. The molecule has 0 spiro atoms. The Kier molecular flexibility index (Phi) is 9.98. The molecule has 0 aromatic carbocycles. The van der Waals surface area contributed by atoms with E-state index in [9.17, 15) is 4.79 Å². The van der Waals surface area contributed by atoms with Crippen LogP contribution in [0.2, 0.25) is 0 Å². The molecule has 0 heterocycles. The molecule has 4 nitrogen and oxygen atoms in total. The maximum atomic E-state index is 11.6. The van der Waals surface area contributed by atoms with Crippen LogP contribution in [0.1, 0.15) is 41.0 Å². The molecule has 1 atom stereocenters. The van der Waals surface area contributed by atoms with Crippen molar-refractivity contribution in [1.29, 1.82) is 0 Å². The van der Waals surface area contributed by atoms with Crippen molar-refractivity contribution < 1.29 is 9.53 Å². The average molecular weight is 258 g/mol. The minimum absolute atomic E-state index is 0.0610. The second-order valence-corrected chi connectivity index (χ2v) is 5.61. The highest BCUT2D eigenvalue weighted by atomic mass is 16.5. The Morgan fingerprint density at radius 2 is 1.72 bits per heavy atom. The van der Waals surface area contributed by atoms with E-state index in [0.717, 1.165) is 19.6 Å². The molecule has 0 saturated heterocycles. The van der Waals surface area contributed by atoms with Crippen LogP contribution in [0.5, 0.6) is 0 Å². The Balaban J connectivity index is 3.46. The first kappa shape index (κ1) is 17.4. The Morgan fingerprint density at radius 3 is 2.28 bits per heavy atom. The van der Waals surface area contributed by atoms with Gasteiger partial charge in [0, 0.05) is 19.7 Å². The Morgan fingerprint density at radius 1 is 1.06 bits per heavy atom. The summed E-state index contributed by atoms with van der Waals surface area (Å²) in [5.41, 5.74) is 0. The van der Waals surface area contributed by atoms with Crippen molar-refractivity contribution in [2.45, 2.75) is 47.1 Å². The SMILES string of the molecule is CC(C)CCOCCNC(C)C(=O)NCC(C)C. The third-order valence-corrected chi connectivity index (χ3v) is 2.61. The van der Waals surface area contributed by atoms with Crippen LogP contribution in [0.15, 0.2) is 0 Å². The van der Waals surface area contributed by atoms with Crippen molar-refractivity contribution in [1.82, 2.24) is 10.6 Å². The minimum Gasteiger partial charge on any atom is -0.380 e. The van der Waals surface area contributed by atoms with Gasteiger partial charge in [0.05, 0.1) is 12.6 Å². The molecule has 0 aromatic heterocycles. The van der Waals surface area contributed by atoms with Gasteiger partial charge in [-0.15, -0.1) is 0 Å². The molecule has 0 aliphatic carbocycles. The molecule has 0 fully saturated rings. The van der Waals surface area contributed by atoms with Gasteiger partial charge in [-0.2, -0.15) is 0 Å². The lowest BCUT2D eigenvalue weighted by Crippen LogP contribution is -2.44. The van der Waals surface area contributed by atoms with Gasteiger partial charge in [-0.25, -0.2) is 0 Å². The fourth-order valence-corrected chi connectivity index (χ4v) is 1.32. The van der Waals surface area contributed by atoms with E-state index in [1.54, 1.807) is 0 Å². The van der Waals surface area contributed by atoms with Crippen LogP contribution in [0.4, 0.5) is 0 Å². The predicted molar refractivity (Wildman–Crippen MR) is 75.6 cm³/mol. The quantitative estimate of drug-likeness (QED) is 0.588. The van der Waals surface area contributed by atoms with Gasteiger partial charge in [-0.05, 0) is 25.2 Å². The van der Waals surface area contributed by atoms with Crippen LogP contribution in [0.25, 0.3) is 0 Å². The summed E-state index contributed by atoms with van der Waals surface area (Å²) in [4.78, 5) is 11.6. The highest BCUT2D eigenvalue weighted by Gasteiger charge is 2.11. The number of hydrogen-bond acceptors (Lipinski definition) is 3. The fourth-order valence-electron chi connectivity index (χ4n) is 1.32. The van der Waals surface area contributed by atoms with Crippen LogP contribution in [-0.2, 0) is 9.53 Å². The minimum atomic E-state index is -0.155. The predicted octanol–water partition coefficient (Wildman–Crippen LogP) is 1.80. The summed E-state index contributed by atoms with van der Waals surface area (Å²) < 4.78 is 5.48. The van der Waals surface area contributed by atoms with Crippen molar-refractivity contribution >= 4 is 5.91 Å². The van der Waals surface area contributed by atoms with Crippen molar-refractivity contribution in [3.63, 3.8) is 0 Å². The molecule has 2 N–H and O–H groups in total. The van der Waals surface area contributed by atoms with Gasteiger partial charge >= 0.3 is 0 Å². The second-order valence-electron chi connectivity index (χ2n) is 5.61. The monoisotopic (exact) mass is 258 g/mol. The lowest BCUT2D eigenvalue weighted by atomic mass is 10.1. The first-order valence-electron chi connectivity index (χ1n) is 7.02. The largest absolute Gasteiger partial charge is 0.380 e. The molecule has 0 saturated carbocycles. The first-order chi connectivity index (χ1) is 8.43. The van der Waals surface area contributed by atoms with Crippen LogP contribution in [0.3, 0.4) is 0 Å². The smallest absolute Gasteiger partial charge is 0.236 e. The zero-order valence-electron chi connectivity index (χ0n) is 12.6. The van der Waals surface area contributed by atoms with E-state index in [0.29, 0.717) is 25.0 Å². The summed E-state index contributed by atoms with van der Waals surface area (Å²) in [5, 5.41) is 6.06. The number of amides is 1. The van der Waals surface area contributed by atoms with Crippen molar-refractivity contribution in [3.8, 4) is 0 Å². The Hall–Kier alpha value is -0.610. The Labute approximate surface area is 112 Å². The maximum Gasteiger partial charge on any atom is 0.236 e. The summed E-state index contributed by atoms with van der Waals surface area (Å²) in [6, 6.07) is -0.155. The summed E-state index contributed by atoms with van der Waals surface area (Å²) in [5.74, 6) is 1.23. The second kappa shape index (κ2) is 10.3. The zero-order valence-corrected chi connectivity index (χ0v) is 12.6. The first-order valence-corrected chi connectivity index (χ1v) is 7.02. The molecule has 1 unspecified atom stereocenters. The summed E-state index contributed by atoms with van der Waals surface area (Å²) in [7, 11) is 0. The van der Waals surface area contributed by atoms with Crippen LogP contribution in [0, 0.1) is 11.8 Å². The van der Waals surface area contributed by atoms with E-state index in [-0.39, 0.29) is 11.9 Å². The molecule has 18 heavy (non-hydrogen) atoms. The van der Waals surface area contributed by atoms with Gasteiger partial charge in [-0.3, -0.25) is 4.79 Å². The van der Waals surface area contributed by atoms with Crippen LogP contribution < -0.4 is 10.6 Å². The van der Waals surface area contributed by atoms with Crippen LogP contribution >= 0.6 is 0 Å². The maximum absolute atomic E-state index is 11.6. The lowest BCUT2D eigenvalue weighted by molar-refractivity contribution is -0.122. The average Bonchev–Trinajstić information content (AvgIpc) is 2.29. The van der Waals surface area contributed by atoms with Gasteiger partial charge in [-0.1, -0.05) is 27.7 Å². The molecule has 0 aliphatic heterocycles. The Bertz CT molecular complexity index is 218. The van der Waals surface area contributed by atoms with E-state index in [1.165, 1.54) is 0 Å². The van der Waals surface area contributed by atoms with Gasteiger partial charge in [0.2, 0.25) is 5.91 Å².